The van der Waals surface area contributed by atoms with Crippen molar-refractivity contribution in [3.63, 3.8) is 0 Å². The van der Waals surface area contributed by atoms with E-state index in [1.54, 1.807) is 0 Å². The first-order chi connectivity index (χ1) is 6.25. The van der Waals surface area contributed by atoms with Crippen molar-refractivity contribution in [2.75, 3.05) is 0 Å². The summed E-state index contributed by atoms with van der Waals surface area (Å²) >= 11 is -3.87. The molecule has 84 valence electrons. The minimum atomic E-state index is -2.08. The Morgan fingerprint density at radius 1 is 0.857 bits per heavy atom. The average molecular weight is 414 g/mol. The summed E-state index contributed by atoms with van der Waals surface area (Å²) in [7, 11) is 0. The van der Waals surface area contributed by atoms with Crippen molar-refractivity contribution in [1.82, 2.24) is 0 Å². The van der Waals surface area contributed by atoms with Crippen LogP contribution in [-0.4, -0.2) is 39.5 Å². The fraction of sp³-hybridized carbons (Fsp3) is 1.00. The SMILES string of the molecule is CC(C)[CH2][Sn](=[O])[CH2]C(C)C.[CH3][Sn]([CH3])=[O]. The van der Waals surface area contributed by atoms with Crippen LogP contribution < -0.4 is 0 Å². The second-order valence-corrected chi connectivity index (χ2v) is 15.2. The van der Waals surface area contributed by atoms with Gasteiger partial charge in [0.05, 0.1) is 0 Å². The van der Waals surface area contributed by atoms with Gasteiger partial charge >= 0.3 is 104 Å². The predicted molar refractivity (Wildman–Crippen MR) is 63.9 cm³/mol. The molecule has 4 heteroatoms. The molecule has 0 aromatic rings. The Balaban J connectivity index is 0. The van der Waals surface area contributed by atoms with E-state index in [4.69, 9.17) is 0 Å². The summed E-state index contributed by atoms with van der Waals surface area (Å²) < 4.78 is 23.1. The minimum absolute atomic E-state index is 0.644. The van der Waals surface area contributed by atoms with Crippen molar-refractivity contribution < 1.29 is 6.15 Å². The Labute approximate surface area is 103 Å². The molecule has 0 heterocycles. The predicted octanol–water partition coefficient (Wildman–Crippen LogP) is 3.39. The fourth-order valence-electron chi connectivity index (χ4n) is 0.994. The van der Waals surface area contributed by atoms with Crippen molar-refractivity contribution in [1.29, 1.82) is 0 Å². The molecule has 0 saturated carbocycles. The van der Waals surface area contributed by atoms with E-state index < -0.39 is 39.5 Å². The van der Waals surface area contributed by atoms with Gasteiger partial charge in [-0.2, -0.15) is 0 Å². The molecule has 0 aliphatic carbocycles. The van der Waals surface area contributed by atoms with Crippen LogP contribution in [0.1, 0.15) is 27.7 Å². The summed E-state index contributed by atoms with van der Waals surface area (Å²) in [5.41, 5.74) is 0. The molecule has 0 bridgehead atoms. The zero-order chi connectivity index (χ0) is 11.7. The van der Waals surface area contributed by atoms with Crippen molar-refractivity contribution in [3.8, 4) is 0 Å². The van der Waals surface area contributed by atoms with Crippen LogP contribution in [0, 0.1) is 11.8 Å². The molecule has 2 nitrogen and oxygen atoms in total. The molecule has 0 radical (unpaired) electrons. The molecule has 0 atom stereocenters. The first-order valence-electron chi connectivity index (χ1n) is 5.24. The molecule has 0 aliphatic rings. The van der Waals surface area contributed by atoms with Gasteiger partial charge in [0.1, 0.15) is 0 Å². The Morgan fingerprint density at radius 2 is 1.07 bits per heavy atom. The molecule has 0 rings (SSSR count). The van der Waals surface area contributed by atoms with Gasteiger partial charge in [-0.1, -0.05) is 0 Å². The van der Waals surface area contributed by atoms with Gasteiger partial charge in [-0.05, 0) is 0 Å². The molecule has 0 unspecified atom stereocenters. The van der Waals surface area contributed by atoms with Crippen LogP contribution in [0.3, 0.4) is 0 Å². The summed E-state index contributed by atoms with van der Waals surface area (Å²) in [6.07, 6.45) is 0. The molecule has 0 aromatic carbocycles. The summed E-state index contributed by atoms with van der Waals surface area (Å²) in [6, 6.07) is 0. The third-order valence-corrected chi connectivity index (χ3v) is 8.53. The van der Waals surface area contributed by atoms with Gasteiger partial charge in [0, 0.05) is 0 Å². The first-order valence-corrected chi connectivity index (χ1v) is 17.3. The standard InChI is InChI=1S/2C4H9.2CH3.2O.2Sn/c2*1-4(2)3;;;;;;/h2*4H,1H2,2-3H3;2*1H3;;;;. The van der Waals surface area contributed by atoms with Gasteiger partial charge in [-0.25, -0.2) is 0 Å². The maximum atomic E-state index is 11.3. The van der Waals surface area contributed by atoms with E-state index in [2.05, 4.69) is 27.7 Å². The van der Waals surface area contributed by atoms with Crippen LogP contribution >= 0.6 is 0 Å². The van der Waals surface area contributed by atoms with Crippen molar-refractivity contribution >= 4 is 39.5 Å². The van der Waals surface area contributed by atoms with E-state index in [9.17, 15) is 6.15 Å². The van der Waals surface area contributed by atoms with Crippen molar-refractivity contribution in [2.24, 2.45) is 11.8 Å². The quantitative estimate of drug-likeness (QED) is 0.662. The number of hydrogen-bond donors (Lipinski definition) is 0. The van der Waals surface area contributed by atoms with Crippen molar-refractivity contribution in [3.05, 3.63) is 0 Å². The second-order valence-electron chi connectivity index (χ2n) is 4.64. The number of rotatable bonds is 4. The van der Waals surface area contributed by atoms with Crippen LogP contribution in [0.5, 0.6) is 0 Å². The second kappa shape index (κ2) is 10.7. The van der Waals surface area contributed by atoms with Crippen LogP contribution in [0.2, 0.25) is 18.8 Å². The zero-order valence-electron chi connectivity index (χ0n) is 10.4. The Kier molecular flexibility index (Phi) is 13.5. The third kappa shape index (κ3) is 23.2. The normalized spacial score (nSPS) is 9.71. The van der Waals surface area contributed by atoms with E-state index in [1.165, 1.54) is 0 Å². The Morgan fingerprint density at radius 3 is 1.21 bits per heavy atom. The molecule has 0 N–H and O–H groups in total. The Hall–Kier alpha value is 1.20. The van der Waals surface area contributed by atoms with E-state index in [1.807, 2.05) is 9.88 Å². The average Bonchev–Trinajstić information content (AvgIpc) is 1.79. The van der Waals surface area contributed by atoms with Crippen LogP contribution in [0.25, 0.3) is 0 Å². The molecule has 0 fully saturated rings. The third-order valence-electron chi connectivity index (χ3n) is 1.27. The van der Waals surface area contributed by atoms with Crippen LogP contribution in [-0.2, 0) is 6.15 Å². The van der Waals surface area contributed by atoms with Crippen LogP contribution in [0.4, 0.5) is 0 Å². The summed E-state index contributed by atoms with van der Waals surface area (Å²) in [6.45, 7) is 8.61. The van der Waals surface area contributed by atoms with Gasteiger partial charge in [0.15, 0.2) is 0 Å². The maximum absolute atomic E-state index is 11.3. The molecule has 0 amide bonds. The first kappa shape index (κ1) is 17.6. The molecule has 0 aliphatic heterocycles. The van der Waals surface area contributed by atoms with E-state index in [-0.39, 0.29) is 0 Å². The summed E-state index contributed by atoms with van der Waals surface area (Å²) in [4.78, 5) is 3.62. The zero-order valence-corrected chi connectivity index (χ0v) is 16.1. The molecule has 14 heavy (non-hydrogen) atoms. The fourth-order valence-corrected chi connectivity index (χ4v) is 6.67. The summed E-state index contributed by atoms with van der Waals surface area (Å²) in [5, 5.41) is 0. The van der Waals surface area contributed by atoms with Gasteiger partial charge < -0.3 is 0 Å². The molecule has 0 aromatic heterocycles. The molecule has 0 spiro atoms. The monoisotopic (exact) mass is 416 g/mol. The van der Waals surface area contributed by atoms with Gasteiger partial charge in [-0.3, -0.25) is 0 Å². The van der Waals surface area contributed by atoms with Gasteiger partial charge in [0.25, 0.3) is 0 Å². The van der Waals surface area contributed by atoms with Gasteiger partial charge in [-0.15, -0.1) is 0 Å². The Bertz CT molecular complexity index is 161. The molecular formula is C10H24O2Sn2. The molecular weight excluding hydrogens is 390 g/mol. The van der Waals surface area contributed by atoms with E-state index >= 15 is 0 Å². The van der Waals surface area contributed by atoms with Crippen LogP contribution in [0.15, 0.2) is 0 Å². The van der Waals surface area contributed by atoms with Gasteiger partial charge in [0.2, 0.25) is 0 Å². The molecule has 0 saturated heterocycles. The number of hydrogen-bond acceptors (Lipinski definition) is 2. The van der Waals surface area contributed by atoms with E-state index in [0.717, 1.165) is 8.87 Å². The van der Waals surface area contributed by atoms with E-state index in [0.29, 0.717) is 11.8 Å². The van der Waals surface area contributed by atoms with Crippen molar-refractivity contribution in [2.45, 2.75) is 46.4 Å². The summed E-state index contributed by atoms with van der Waals surface area (Å²) in [5.74, 6) is 1.29. The topological polar surface area (TPSA) is 34.1 Å².